The maximum atomic E-state index is 5.95. The molecule has 0 fully saturated rings. The van der Waals surface area contributed by atoms with Gasteiger partial charge in [0.25, 0.3) is 0 Å². The second kappa shape index (κ2) is 3.25. The smallest absolute Gasteiger partial charge is 0.0189 e. The van der Waals surface area contributed by atoms with Crippen LogP contribution in [0.4, 0.5) is 0 Å². The lowest BCUT2D eigenvalue weighted by molar-refractivity contribution is 0.244. The van der Waals surface area contributed by atoms with Gasteiger partial charge >= 0.3 is 0 Å². The Balaban J connectivity index is 4.45. The summed E-state index contributed by atoms with van der Waals surface area (Å²) in [5.41, 5.74) is 11.8. The highest BCUT2D eigenvalue weighted by Gasteiger charge is 2.37. The molecule has 0 amide bonds. The Morgan fingerprint density at radius 2 is 1.64 bits per heavy atom. The summed E-state index contributed by atoms with van der Waals surface area (Å²) in [6, 6.07) is 0.147. The van der Waals surface area contributed by atoms with Crippen LogP contribution in [-0.4, -0.2) is 22.8 Å². The van der Waals surface area contributed by atoms with Gasteiger partial charge in [0.2, 0.25) is 0 Å². The standard InChI is InChI=1S/C8H22N2Si/c1-7(2,3)8(4,11)6(10)5-9/h6H,5,9-10H2,1-4,11H3. The molecule has 0 radical (unpaired) electrons. The molecule has 3 heteroatoms. The fourth-order valence-electron chi connectivity index (χ4n) is 0.851. The number of nitrogens with two attached hydrogens (primary N) is 2. The van der Waals surface area contributed by atoms with Crippen LogP contribution >= 0.6 is 0 Å². The maximum Gasteiger partial charge on any atom is 0.0189 e. The van der Waals surface area contributed by atoms with Crippen LogP contribution in [-0.2, 0) is 0 Å². The molecular weight excluding hydrogens is 152 g/mol. The molecule has 0 aliphatic carbocycles. The van der Waals surface area contributed by atoms with Crippen LogP contribution in [0.5, 0.6) is 0 Å². The lowest BCUT2D eigenvalue weighted by Crippen LogP contribution is -2.47. The summed E-state index contributed by atoms with van der Waals surface area (Å²) in [7, 11) is 1.10. The summed E-state index contributed by atoms with van der Waals surface area (Å²) in [6.07, 6.45) is 0. The average Bonchev–Trinajstić information content (AvgIpc) is 1.83. The quantitative estimate of drug-likeness (QED) is 0.573. The van der Waals surface area contributed by atoms with Crippen molar-refractivity contribution in [1.82, 2.24) is 0 Å². The molecule has 0 aromatic carbocycles. The first kappa shape index (κ1) is 11.1. The lowest BCUT2D eigenvalue weighted by Gasteiger charge is -2.43. The minimum absolute atomic E-state index is 0.147. The fraction of sp³-hybridized carbons (Fsp3) is 1.00. The molecule has 0 saturated carbocycles. The Bertz CT molecular complexity index is 127. The first-order valence-corrected chi connectivity index (χ1v) is 5.19. The SMILES string of the molecule is CC(C)(C)C(C)([SiH3])C(N)CN. The molecule has 0 spiro atoms. The molecule has 2 unspecified atom stereocenters. The molecule has 0 saturated heterocycles. The number of hydrogen-bond acceptors (Lipinski definition) is 2. The highest BCUT2D eigenvalue weighted by Crippen LogP contribution is 2.43. The van der Waals surface area contributed by atoms with Crippen LogP contribution in [0.1, 0.15) is 27.7 Å². The molecular formula is C8H22N2Si. The Morgan fingerprint density at radius 3 is 1.73 bits per heavy atom. The van der Waals surface area contributed by atoms with E-state index in [2.05, 4.69) is 27.7 Å². The molecule has 4 N–H and O–H groups in total. The highest BCUT2D eigenvalue weighted by molar-refractivity contribution is 6.16. The summed E-state index contributed by atoms with van der Waals surface area (Å²) in [5, 5.41) is 0.238. The van der Waals surface area contributed by atoms with E-state index in [-0.39, 0.29) is 16.5 Å². The Morgan fingerprint density at radius 1 is 1.27 bits per heavy atom. The van der Waals surface area contributed by atoms with Crippen molar-refractivity contribution in [3.8, 4) is 0 Å². The second-order valence-corrected chi connectivity index (χ2v) is 6.89. The topological polar surface area (TPSA) is 52.0 Å². The van der Waals surface area contributed by atoms with Crippen molar-refractivity contribution in [2.45, 2.75) is 38.8 Å². The maximum absolute atomic E-state index is 5.95. The van der Waals surface area contributed by atoms with Gasteiger partial charge < -0.3 is 11.5 Å². The Kier molecular flexibility index (Phi) is 3.29. The van der Waals surface area contributed by atoms with E-state index in [4.69, 9.17) is 11.5 Å². The predicted octanol–water partition coefficient (Wildman–Crippen LogP) is -0.138. The van der Waals surface area contributed by atoms with Crippen LogP contribution in [0.2, 0.25) is 5.04 Å². The molecule has 0 aliphatic heterocycles. The lowest BCUT2D eigenvalue weighted by atomic mass is 9.76. The van der Waals surface area contributed by atoms with E-state index in [1.165, 1.54) is 0 Å². The van der Waals surface area contributed by atoms with E-state index < -0.39 is 0 Å². The summed E-state index contributed by atoms with van der Waals surface area (Å²) in [6.45, 7) is 9.52. The van der Waals surface area contributed by atoms with E-state index >= 15 is 0 Å². The molecule has 0 aromatic heterocycles. The minimum Gasteiger partial charge on any atom is -0.329 e. The van der Waals surface area contributed by atoms with Crippen molar-refractivity contribution in [1.29, 1.82) is 0 Å². The van der Waals surface area contributed by atoms with Crippen LogP contribution < -0.4 is 11.5 Å². The normalized spacial score (nSPS) is 21.3. The summed E-state index contributed by atoms with van der Waals surface area (Å²) in [4.78, 5) is 0. The number of hydrogen-bond donors (Lipinski definition) is 2. The van der Waals surface area contributed by atoms with Gasteiger partial charge in [0.05, 0.1) is 0 Å². The largest absolute Gasteiger partial charge is 0.329 e. The van der Waals surface area contributed by atoms with E-state index in [1.807, 2.05) is 0 Å². The average molecular weight is 174 g/mol. The van der Waals surface area contributed by atoms with E-state index in [0.29, 0.717) is 6.54 Å². The Hall–Kier alpha value is 0.137. The summed E-state index contributed by atoms with van der Waals surface area (Å²) in [5.74, 6) is 0. The first-order valence-electron chi connectivity index (χ1n) is 4.19. The van der Waals surface area contributed by atoms with Crippen molar-refractivity contribution in [2.75, 3.05) is 6.54 Å². The molecule has 0 aliphatic rings. The minimum atomic E-state index is 0.147. The van der Waals surface area contributed by atoms with Gasteiger partial charge in [-0.2, -0.15) is 0 Å². The first-order chi connectivity index (χ1) is 4.73. The third-order valence-corrected chi connectivity index (χ3v) is 5.36. The molecule has 68 valence electrons. The second-order valence-electron chi connectivity index (χ2n) is 4.81. The zero-order chi connectivity index (χ0) is 9.28. The molecule has 2 nitrogen and oxygen atoms in total. The van der Waals surface area contributed by atoms with Crippen LogP contribution in [0, 0.1) is 5.41 Å². The van der Waals surface area contributed by atoms with E-state index in [9.17, 15) is 0 Å². The summed E-state index contributed by atoms with van der Waals surface area (Å²) >= 11 is 0. The van der Waals surface area contributed by atoms with Gasteiger partial charge in [0, 0.05) is 22.8 Å². The molecule has 0 heterocycles. The van der Waals surface area contributed by atoms with Gasteiger partial charge in [-0.1, -0.05) is 27.7 Å². The third kappa shape index (κ3) is 2.29. The highest BCUT2D eigenvalue weighted by atomic mass is 28.1. The third-order valence-electron chi connectivity index (χ3n) is 3.11. The van der Waals surface area contributed by atoms with Gasteiger partial charge in [-0.05, 0) is 10.5 Å². The molecule has 0 aromatic rings. The monoisotopic (exact) mass is 174 g/mol. The van der Waals surface area contributed by atoms with E-state index in [1.54, 1.807) is 0 Å². The Labute approximate surface area is 73.1 Å². The predicted molar refractivity (Wildman–Crippen MR) is 54.8 cm³/mol. The molecule has 0 bridgehead atoms. The van der Waals surface area contributed by atoms with Crippen molar-refractivity contribution in [3.05, 3.63) is 0 Å². The zero-order valence-corrected chi connectivity index (χ0v) is 10.4. The molecule has 0 rings (SSSR count). The summed E-state index contributed by atoms with van der Waals surface area (Å²) < 4.78 is 0. The zero-order valence-electron chi connectivity index (χ0n) is 8.44. The van der Waals surface area contributed by atoms with Gasteiger partial charge in [0.15, 0.2) is 0 Å². The van der Waals surface area contributed by atoms with Crippen molar-refractivity contribution in [3.63, 3.8) is 0 Å². The van der Waals surface area contributed by atoms with Crippen molar-refractivity contribution < 1.29 is 0 Å². The van der Waals surface area contributed by atoms with Crippen molar-refractivity contribution in [2.24, 2.45) is 16.9 Å². The molecule has 2 atom stereocenters. The van der Waals surface area contributed by atoms with E-state index in [0.717, 1.165) is 10.2 Å². The van der Waals surface area contributed by atoms with Crippen LogP contribution in [0.15, 0.2) is 0 Å². The van der Waals surface area contributed by atoms with Gasteiger partial charge in [-0.15, -0.1) is 0 Å². The van der Waals surface area contributed by atoms with Gasteiger partial charge in [0.1, 0.15) is 0 Å². The van der Waals surface area contributed by atoms with Crippen molar-refractivity contribution >= 4 is 10.2 Å². The van der Waals surface area contributed by atoms with Gasteiger partial charge in [-0.3, -0.25) is 0 Å². The van der Waals surface area contributed by atoms with Crippen LogP contribution in [0.3, 0.4) is 0 Å². The van der Waals surface area contributed by atoms with Gasteiger partial charge in [-0.25, -0.2) is 0 Å². The van der Waals surface area contributed by atoms with Crippen LogP contribution in [0.25, 0.3) is 0 Å². The number of rotatable bonds is 2. The fourth-order valence-corrected chi connectivity index (χ4v) is 1.09. The molecule has 11 heavy (non-hydrogen) atoms.